The highest BCUT2D eigenvalue weighted by Crippen LogP contribution is 2.22. The van der Waals surface area contributed by atoms with Crippen molar-refractivity contribution in [1.82, 2.24) is 15.5 Å². The number of nitrogens with one attached hydrogen (secondary N) is 2. The third-order valence-corrected chi connectivity index (χ3v) is 5.59. The highest BCUT2D eigenvalue weighted by molar-refractivity contribution is 14.0. The first-order chi connectivity index (χ1) is 12.1. The molecule has 7 heteroatoms. The summed E-state index contributed by atoms with van der Waals surface area (Å²) in [4.78, 5) is 9.69. The predicted octanol–water partition coefficient (Wildman–Crippen LogP) is 3.15. The van der Waals surface area contributed by atoms with Gasteiger partial charge in [-0.05, 0) is 63.5 Å². The van der Waals surface area contributed by atoms with E-state index in [-0.39, 0.29) is 24.0 Å². The zero-order chi connectivity index (χ0) is 17.6. The number of hydrogen-bond acceptors (Lipinski definition) is 3. The second-order valence-electron chi connectivity index (χ2n) is 7.19. The van der Waals surface area contributed by atoms with E-state index in [1.165, 1.54) is 25.2 Å². The van der Waals surface area contributed by atoms with Crippen LogP contribution in [0.2, 0.25) is 0 Å². The molecule has 0 amide bonds. The van der Waals surface area contributed by atoms with Gasteiger partial charge in [0, 0.05) is 48.9 Å². The second kappa shape index (κ2) is 10.7. The number of benzene rings is 1. The van der Waals surface area contributed by atoms with Crippen LogP contribution in [0.4, 0.5) is 5.69 Å². The molecule has 2 atom stereocenters. The van der Waals surface area contributed by atoms with Gasteiger partial charge in [-0.15, -0.1) is 24.0 Å². The Morgan fingerprint density at radius 1 is 1.19 bits per heavy atom. The van der Waals surface area contributed by atoms with Gasteiger partial charge in [0.1, 0.15) is 0 Å². The van der Waals surface area contributed by atoms with E-state index in [0.717, 1.165) is 43.0 Å². The van der Waals surface area contributed by atoms with E-state index in [4.69, 9.17) is 4.99 Å². The number of aliphatic imine (C=N–C) groups is 1. The van der Waals surface area contributed by atoms with Gasteiger partial charge in [0.2, 0.25) is 0 Å². The van der Waals surface area contributed by atoms with Crippen LogP contribution in [0.3, 0.4) is 0 Å². The molecule has 26 heavy (non-hydrogen) atoms. The van der Waals surface area contributed by atoms with E-state index < -0.39 is 0 Å². The van der Waals surface area contributed by atoms with Gasteiger partial charge in [0.05, 0.1) is 0 Å². The second-order valence-corrected chi connectivity index (χ2v) is 8.10. The summed E-state index contributed by atoms with van der Waals surface area (Å²) in [5.74, 6) is 1.67. The molecule has 0 aliphatic carbocycles. The first kappa shape index (κ1) is 21.8. The Bertz CT molecular complexity index is 580. The number of hydrogen-bond donors (Lipinski definition) is 2. The van der Waals surface area contributed by atoms with Gasteiger partial charge in [-0.3, -0.25) is 4.99 Å². The predicted molar refractivity (Wildman–Crippen MR) is 125 cm³/mol. The molecule has 5 nitrogen and oxygen atoms in total. The molecule has 146 valence electrons. The molecule has 2 fully saturated rings. The standard InChI is InChI=1S/C19H30BrN5.HI/c1-3-21-19(22-12-15-8-10-24(2)13-15)23-17-9-11-25(14-17)18-6-4-16(20)5-7-18;/h4-7,15,17H,3,8-14H2,1-2H3,(H2,21,22,23);1H. The largest absolute Gasteiger partial charge is 0.369 e. The van der Waals surface area contributed by atoms with Gasteiger partial charge in [-0.1, -0.05) is 15.9 Å². The van der Waals surface area contributed by atoms with Crippen LogP contribution >= 0.6 is 39.9 Å². The van der Waals surface area contributed by atoms with Crippen molar-refractivity contribution >= 4 is 51.6 Å². The molecule has 3 rings (SSSR count). The maximum Gasteiger partial charge on any atom is 0.191 e. The zero-order valence-corrected chi connectivity index (χ0v) is 19.7. The van der Waals surface area contributed by atoms with Crippen molar-refractivity contribution in [3.63, 3.8) is 0 Å². The summed E-state index contributed by atoms with van der Waals surface area (Å²) < 4.78 is 1.13. The van der Waals surface area contributed by atoms with Crippen molar-refractivity contribution < 1.29 is 0 Å². The Morgan fingerprint density at radius 3 is 2.62 bits per heavy atom. The fraction of sp³-hybridized carbons (Fsp3) is 0.632. The molecule has 1 aromatic rings. The smallest absolute Gasteiger partial charge is 0.191 e. The zero-order valence-electron chi connectivity index (χ0n) is 15.7. The minimum Gasteiger partial charge on any atom is -0.369 e. The van der Waals surface area contributed by atoms with E-state index in [9.17, 15) is 0 Å². The third-order valence-electron chi connectivity index (χ3n) is 5.06. The first-order valence-electron chi connectivity index (χ1n) is 9.38. The topological polar surface area (TPSA) is 42.9 Å². The Balaban J connectivity index is 0.00000243. The van der Waals surface area contributed by atoms with Crippen LogP contribution in [0.15, 0.2) is 33.7 Å². The van der Waals surface area contributed by atoms with Gasteiger partial charge in [-0.2, -0.15) is 0 Å². The lowest BCUT2D eigenvalue weighted by Crippen LogP contribution is -2.44. The molecule has 0 aromatic heterocycles. The average Bonchev–Trinajstić information content (AvgIpc) is 3.23. The van der Waals surface area contributed by atoms with Crippen molar-refractivity contribution in [3.05, 3.63) is 28.7 Å². The number of halogens is 2. The van der Waals surface area contributed by atoms with Crippen LogP contribution in [0.1, 0.15) is 19.8 Å². The summed E-state index contributed by atoms with van der Waals surface area (Å²) in [6.45, 7) is 8.44. The number of nitrogens with zero attached hydrogens (tertiary/aromatic N) is 3. The first-order valence-corrected chi connectivity index (χ1v) is 10.2. The highest BCUT2D eigenvalue weighted by Gasteiger charge is 2.24. The summed E-state index contributed by atoms with van der Waals surface area (Å²) in [5.41, 5.74) is 1.29. The van der Waals surface area contributed by atoms with Crippen molar-refractivity contribution in [3.8, 4) is 0 Å². The molecule has 0 spiro atoms. The summed E-state index contributed by atoms with van der Waals surface area (Å²) in [5, 5.41) is 7.04. The quantitative estimate of drug-likeness (QED) is 0.345. The van der Waals surface area contributed by atoms with E-state index in [1.54, 1.807) is 0 Å². The van der Waals surface area contributed by atoms with Gasteiger partial charge < -0.3 is 20.4 Å². The molecule has 2 N–H and O–H groups in total. The molecule has 2 heterocycles. The maximum atomic E-state index is 4.85. The maximum absolute atomic E-state index is 4.85. The Morgan fingerprint density at radius 2 is 1.96 bits per heavy atom. The minimum absolute atomic E-state index is 0. The van der Waals surface area contributed by atoms with Crippen LogP contribution < -0.4 is 15.5 Å². The number of rotatable bonds is 5. The third kappa shape index (κ3) is 6.27. The number of anilines is 1. The van der Waals surface area contributed by atoms with Crippen molar-refractivity contribution in [2.24, 2.45) is 10.9 Å². The Labute approximate surface area is 183 Å². The van der Waals surface area contributed by atoms with Crippen LogP contribution in [0, 0.1) is 5.92 Å². The number of guanidine groups is 1. The molecule has 0 bridgehead atoms. The van der Waals surface area contributed by atoms with Gasteiger partial charge in [0.15, 0.2) is 5.96 Å². The normalized spacial score (nSPS) is 23.8. The van der Waals surface area contributed by atoms with E-state index >= 15 is 0 Å². The Kier molecular flexibility index (Phi) is 8.96. The van der Waals surface area contributed by atoms with Crippen LogP contribution in [0.5, 0.6) is 0 Å². The van der Waals surface area contributed by atoms with E-state index in [2.05, 4.69) is 74.6 Å². The van der Waals surface area contributed by atoms with Crippen LogP contribution in [0.25, 0.3) is 0 Å². The van der Waals surface area contributed by atoms with Crippen LogP contribution in [-0.4, -0.2) is 63.2 Å². The number of likely N-dealkylation sites (tertiary alicyclic amines) is 1. The molecular formula is C19H31BrIN5. The molecule has 2 aliphatic heterocycles. The monoisotopic (exact) mass is 535 g/mol. The lowest BCUT2D eigenvalue weighted by atomic mass is 10.1. The lowest BCUT2D eigenvalue weighted by Gasteiger charge is -2.20. The molecule has 0 saturated carbocycles. The average molecular weight is 536 g/mol. The fourth-order valence-electron chi connectivity index (χ4n) is 3.67. The molecule has 0 radical (unpaired) electrons. The van der Waals surface area contributed by atoms with Crippen LogP contribution in [-0.2, 0) is 0 Å². The van der Waals surface area contributed by atoms with Crippen molar-refractivity contribution in [2.45, 2.75) is 25.8 Å². The van der Waals surface area contributed by atoms with Crippen molar-refractivity contribution in [2.75, 3.05) is 51.2 Å². The van der Waals surface area contributed by atoms with Gasteiger partial charge >= 0.3 is 0 Å². The molecular weight excluding hydrogens is 505 g/mol. The molecule has 2 unspecified atom stereocenters. The SMILES string of the molecule is CCNC(=NCC1CCN(C)C1)NC1CCN(c2ccc(Br)cc2)C1.I. The van der Waals surface area contributed by atoms with Gasteiger partial charge in [-0.25, -0.2) is 0 Å². The Hall–Kier alpha value is -0.540. The summed E-state index contributed by atoms with van der Waals surface area (Å²) in [6, 6.07) is 9.04. The molecule has 2 aliphatic rings. The summed E-state index contributed by atoms with van der Waals surface area (Å²) >= 11 is 3.51. The van der Waals surface area contributed by atoms with E-state index in [0.29, 0.717) is 12.0 Å². The fourth-order valence-corrected chi connectivity index (χ4v) is 3.94. The lowest BCUT2D eigenvalue weighted by molar-refractivity contribution is 0.397. The summed E-state index contributed by atoms with van der Waals surface area (Å²) in [6.07, 6.45) is 2.41. The molecule has 1 aromatic carbocycles. The summed E-state index contributed by atoms with van der Waals surface area (Å²) in [7, 11) is 2.20. The highest BCUT2D eigenvalue weighted by atomic mass is 127. The van der Waals surface area contributed by atoms with E-state index in [1.807, 2.05) is 0 Å². The van der Waals surface area contributed by atoms with Gasteiger partial charge in [0.25, 0.3) is 0 Å². The van der Waals surface area contributed by atoms with Crippen molar-refractivity contribution in [1.29, 1.82) is 0 Å². The molecule has 2 saturated heterocycles. The minimum atomic E-state index is 0.